The lowest BCUT2D eigenvalue weighted by Gasteiger charge is -2.11. The highest BCUT2D eigenvalue weighted by molar-refractivity contribution is 7.80. The first kappa shape index (κ1) is 17.3. The zero-order chi connectivity index (χ0) is 17.5. The third-order valence-electron chi connectivity index (χ3n) is 3.39. The number of rotatable bonds is 5. The summed E-state index contributed by atoms with van der Waals surface area (Å²) in [6.45, 7) is 0.480. The van der Waals surface area contributed by atoms with E-state index in [9.17, 15) is 0 Å². The van der Waals surface area contributed by atoms with Gasteiger partial charge in [0.1, 0.15) is 28.6 Å². The molecular formula is C18H15N3O2S. The van der Waals surface area contributed by atoms with Crippen LogP contribution < -0.4 is 14.8 Å². The predicted octanol–water partition coefficient (Wildman–Crippen LogP) is 2.91. The van der Waals surface area contributed by atoms with Crippen LogP contribution in [0, 0.1) is 22.7 Å². The number of hydrogen-bond acceptors (Lipinski definition) is 5. The molecule has 0 aliphatic rings. The first-order valence-corrected chi connectivity index (χ1v) is 7.46. The van der Waals surface area contributed by atoms with Gasteiger partial charge >= 0.3 is 0 Å². The van der Waals surface area contributed by atoms with Crippen molar-refractivity contribution in [3.8, 4) is 23.6 Å². The van der Waals surface area contributed by atoms with Crippen LogP contribution in [-0.4, -0.2) is 19.2 Å². The molecule has 0 fully saturated rings. The van der Waals surface area contributed by atoms with Gasteiger partial charge in [0.05, 0.1) is 25.3 Å². The van der Waals surface area contributed by atoms with E-state index in [0.717, 1.165) is 5.56 Å². The second-order valence-electron chi connectivity index (χ2n) is 4.89. The smallest absolute Gasteiger partial charge is 0.122 e. The number of benzene rings is 2. The van der Waals surface area contributed by atoms with Gasteiger partial charge < -0.3 is 14.8 Å². The molecule has 0 atom stereocenters. The Hall–Kier alpha value is -3.09. The maximum atomic E-state index is 9.09. The van der Waals surface area contributed by atoms with Crippen LogP contribution in [0.3, 0.4) is 0 Å². The lowest BCUT2D eigenvalue weighted by molar-refractivity contribution is 0.393. The summed E-state index contributed by atoms with van der Waals surface area (Å²) in [7, 11) is 3.19. The van der Waals surface area contributed by atoms with Crippen molar-refractivity contribution in [2.75, 3.05) is 14.2 Å². The Kier molecular flexibility index (Phi) is 5.73. The summed E-state index contributed by atoms with van der Waals surface area (Å²) in [5, 5.41) is 21.2. The molecule has 2 rings (SSSR count). The molecule has 0 unspecified atom stereocenters. The van der Waals surface area contributed by atoms with Crippen molar-refractivity contribution in [3.05, 3.63) is 58.7 Å². The molecule has 0 aliphatic heterocycles. The zero-order valence-electron chi connectivity index (χ0n) is 13.3. The van der Waals surface area contributed by atoms with Crippen LogP contribution in [0.1, 0.15) is 22.3 Å². The highest BCUT2D eigenvalue weighted by Gasteiger charge is 2.08. The molecule has 6 heteroatoms. The van der Waals surface area contributed by atoms with E-state index in [1.54, 1.807) is 38.5 Å². The van der Waals surface area contributed by atoms with Gasteiger partial charge in [-0.25, -0.2) is 0 Å². The quantitative estimate of drug-likeness (QED) is 0.845. The van der Waals surface area contributed by atoms with Gasteiger partial charge in [-0.3, -0.25) is 0 Å². The van der Waals surface area contributed by atoms with Crippen LogP contribution in [0.4, 0.5) is 0 Å². The van der Waals surface area contributed by atoms with E-state index < -0.39 is 0 Å². The van der Waals surface area contributed by atoms with Gasteiger partial charge in [0, 0.05) is 18.2 Å². The second kappa shape index (κ2) is 7.96. The summed E-state index contributed by atoms with van der Waals surface area (Å²) in [5.74, 6) is 1.39. The molecule has 0 amide bonds. The zero-order valence-corrected chi connectivity index (χ0v) is 14.1. The van der Waals surface area contributed by atoms with Gasteiger partial charge in [-0.05, 0) is 29.8 Å². The van der Waals surface area contributed by atoms with Crippen molar-refractivity contribution >= 4 is 17.2 Å². The summed E-state index contributed by atoms with van der Waals surface area (Å²) in [4.78, 5) is 0.498. The molecule has 0 heterocycles. The van der Waals surface area contributed by atoms with Crippen LogP contribution in [0.2, 0.25) is 0 Å². The van der Waals surface area contributed by atoms with Gasteiger partial charge in [-0.1, -0.05) is 18.3 Å². The molecule has 2 aromatic carbocycles. The number of ether oxygens (including phenoxy) is 2. The minimum Gasteiger partial charge on any atom is -0.497 e. The highest BCUT2D eigenvalue weighted by Crippen LogP contribution is 2.22. The van der Waals surface area contributed by atoms with Crippen molar-refractivity contribution < 1.29 is 9.47 Å². The van der Waals surface area contributed by atoms with Crippen LogP contribution in [0.15, 0.2) is 36.4 Å². The Morgan fingerprint density at radius 2 is 1.62 bits per heavy atom. The minimum absolute atomic E-state index is 0.308. The third kappa shape index (κ3) is 4.01. The number of hydrogen-bond donors (Lipinski definition) is 1. The van der Waals surface area contributed by atoms with Crippen molar-refractivity contribution in [2.24, 2.45) is 0 Å². The molecule has 120 valence electrons. The molecule has 0 aromatic heterocycles. The first-order chi connectivity index (χ1) is 11.6. The lowest BCUT2D eigenvalue weighted by atomic mass is 10.1. The lowest BCUT2D eigenvalue weighted by Crippen LogP contribution is -2.22. The van der Waals surface area contributed by atoms with E-state index in [0.29, 0.717) is 39.7 Å². The molecule has 2 aromatic rings. The third-order valence-corrected chi connectivity index (χ3v) is 3.77. The molecule has 0 aliphatic carbocycles. The number of nitrogens with one attached hydrogen (secondary N) is 1. The van der Waals surface area contributed by atoms with E-state index in [1.165, 1.54) is 0 Å². The molecule has 0 saturated heterocycles. The van der Waals surface area contributed by atoms with Crippen LogP contribution in [-0.2, 0) is 6.54 Å². The number of nitrogens with zero attached hydrogens (tertiary/aromatic N) is 2. The maximum absolute atomic E-state index is 9.09. The Morgan fingerprint density at radius 3 is 2.17 bits per heavy atom. The van der Waals surface area contributed by atoms with E-state index in [1.807, 2.05) is 24.3 Å². The molecule has 0 bridgehead atoms. The fourth-order valence-corrected chi connectivity index (χ4v) is 2.33. The molecule has 1 N–H and O–H groups in total. The second-order valence-corrected chi connectivity index (χ2v) is 5.30. The molecular weight excluding hydrogens is 322 g/mol. The largest absolute Gasteiger partial charge is 0.497 e. The van der Waals surface area contributed by atoms with Gasteiger partial charge in [0.2, 0.25) is 0 Å². The average molecular weight is 337 g/mol. The molecule has 24 heavy (non-hydrogen) atoms. The number of thiocarbonyl (C=S) groups is 1. The van der Waals surface area contributed by atoms with Gasteiger partial charge in [-0.15, -0.1) is 0 Å². The van der Waals surface area contributed by atoms with E-state index in [4.69, 9.17) is 32.2 Å². The summed E-state index contributed by atoms with van der Waals surface area (Å²) in [6.07, 6.45) is 0. The number of methoxy groups -OCH3 is 2. The van der Waals surface area contributed by atoms with Crippen molar-refractivity contribution in [3.63, 3.8) is 0 Å². The van der Waals surface area contributed by atoms with E-state index in [-0.39, 0.29) is 0 Å². The van der Waals surface area contributed by atoms with Gasteiger partial charge in [-0.2, -0.15) is 10.5 Å². The monoisotopic (exact) mass is 337 g/mol. The maximum Gasteiger partial charge on any atom is 0.122 e. The Morgan fingerprint density at radius 1 is 1.00 bits per heavy atom. The fourth-order valence-electron chi connectivity index (χ4n) is 2.13. The summed E-state index contributed by atoms with van der Waals surface area (Å²) in [5.41, 5.74) is 2.28. The number of nitriles is 2. The first-order valence-electron chi connectivity index (χ1n) is 7.05. The molecule has 0 saturated carbocycles. The topological polar surface area (TPSA) is 78.1 Å². The van der Waals surface area contributed by atoms with Crippen molar-refractivity contribution in [2.45, 2.75) is 6.54 Å². The van der Waals surface area contributed by atoms with Crippen LogP contribution in [0.5, 0.6) is 11.5 Å². The Labute approximate surface area is 146 Å². The molecule has 0 spiro atoms. The fraction of sp³-hybridized carbons (Fsp3) is 0.167. The average Bonchev–Trinajstić information content (AvgIpc) is 2.64. The summed E-state index contributed by atoms with van der Waals surface area (Å²) in [6, 6.07) is 14.5. The molecule has 5 nitrogen and oxygen atoms in total. The van der Waals surface area contributed by atoms with E-state index in [2.05, 4.69) is 5.32 Å². The van der Waals surface area contributed by atoms with E-state index >= 15 is 0 Å². The Balaban J connectivity index is 2.14. The van der Waals surface area contributed by atoms with Crippen molar-refractivity contribution in [1.82, 2.24) is 5.32 Å². The normalized spacial score (nSPS) is 9.50. The SMILES string of the molecule is COc1cc(CNC(=S)c2ccc(C#N)c(C#N)c2)cc(OC)c1. The molecule has 0 radical (unpaired) electrons. The van der Waals surface area contributed by atoms with Crippen molar-refractivity contribution in [1.29, 1.82) is 10.5 Å². The summed E-state index contributed by atoms with van der Waals surface area (Å²) >= 11 is 5.36. The standard InChI is InChI=1S/C18H15N3O2S/c1-22-16-5-12(6-17(8-16)23-2)11-21-18(24)13-3-4-14(9-19)15(7-13)10-20/h3-8H,11H2,1-2H3,(H,21,24). The highest BCUT2D eigenvalue weighted by atomic mass is 32.1. The van der Waals surface area contributed by atoms with Gasteiger partial charge in [0.25, 0.3) is 0 Å². The van der Waals surface area contributed by atoms with Gasteiger partial charge in [0.15, 0.2) is 0 Å². The van der Waals surface area contributed by atoms with Crippen LogP contribution >= 0.6 is 12.2 Å². The summed E-state index contributed by atoms with van der Waals surface area (Å²) < 4.78 is 10.5. The van der Waals surface area contributed by atoms with Crippen LogP contribution in [0.25, 0.3) is 0 Å². The Bertz CT molecular complexity index is 828. The minimum atomic E-state index is 0.308. The predicted molar refractivity (Wildman–Crippen MR) is 94.0 cm³/mol.